The number of amides is 2. The van der Waals surface area contributed by atoms with E-state index in [0.29, 0.717) is 48.9 Å². The number of carbonyl (C=O) groups is 3. The topological polar surface area (TPSA) is 128 Å². The number of rotatable bonds is 14. The Morgan fingerprint density at radius 1 is 1.02 bits per heavy atom. The molecule has 1 fully saturated rings. The molecule has 266 valence electrons. The number of fused-ring (bicyclic) bond motifs is 2. The van der Waals surface area contributed by atoms with Crippen LogP contribution in [0.3, 0.4) is 0 Å². The van der Waals surface area contributed by atoms with E-state index in [2.05, 4.69) is 10.6 Å². The number of piperazine rings is 1. The van der Waals surface area contributed by atoms with Crippen molar-refractivity contribution in [2.45, 2.75) is 69.7 Å². The van der Waals surface area contributed by atoms with Gasteiger partial charge < -0.3 is 30.5 Å². The number of aliphatic hydroxyl groups excluding tert-OH is 1. The van der Waals surface area contributed by atoms with E-state index in [4.69, 9.17) is 21.4 Å². The van der Waals surface area contributed by atoms with Crippen LogP contribution in [0, 0.1) is 17.5 Å². The van der Waals surface area contributed by atoms with Gasteiger partial charge in [0.2, 0.25) is 17.6 Å². The fourth-order valence-electron chi connectivity index (χ4n) is 6.50. The van der Waals surface area contributed by atoms with Gasteiger partial charge in [-0.1, -0.05) is 54.1 Å². The molecule has 2 amide bonds. The van der Waals surface area contributed by atoms with E-state index in [1.165, 1.54) is 0 Å². The monoisotopic (exact) mass is 713 g/mol. The van der Waals surface area contributed by atoms with Gasteiger partial charge >= 0.3 is 5.97 Å². The molecule has 5 rings (SSSR count). The first-order valence-electron chi connectivity index (χ1n) is 16.5. The lowest BCUT2D eigenvalue weighted by molar-refractivity contribution is -0.141. The highest BCUT2D eigenvalue weighted by molar-refractivity contribution is 6.31. The molecule has 4 atom stereocenters. The number of benzene rings is 3. The Morgan fingerprint density at radius 3 is 2.46 bits per heavy atom. The van der Waals surface area contributed by atoms with Gasteiger partial charge in [0, 0.05) is 35.8 Å². The van der Waals surface area contributed by atoms with Gasteiger partial charge in [0.25, 0.3) is 0 Å². The number of carboxylic acid groups (broad SMARTS) is 1. The average molecular weight is 714 g/mol. The molecule has 0 aromatic heterocycles. The van der Waals surface area contributed by atoms with Gasteiger partial charge in [-0.25, -0.2) is 8.78 Å². The molecule has 13 heteroatoms. The van der Waals surface area contributed by atoms with Crippen LogP contribution in [0.1, 0.15) is 49.3 Å². The maximum Gasteiger partial charge on any atom is 0.305 e. The van der Waals surface area contributed by atoms with Crippen LogP contribution in [0.5, 0.6) is 5.75 Å². The van der Waals surface area contributed by atoms with Crippen molar-refractivity contribution in [3.63, 3.8) is 0 Å². The Labute approximate surface area is 293 Å². The van der Waals surface area contributed by atoms with Crippen molar-refractivity contribution in [1.82, 2.24) is 15.5 Å². The van der Waals surface area contributed by atoms with Crippen LogP contribution in [0.15, 0.2) is 66.2 Å². The zero-order valence-corrected chi connectivity index (χ0v) is 28.2. The molecule has 0 radical (unpaired) electrons. The zero-order chi connectivity index (χ0) is 35.9. The molecule has 2 aliphatic rings. The fraction of sp³-hybridized carbons (Fsp3) is 0.378. The second kappa shape index (κ2) is 16.5. The molecule has 0 spiro atoms. The maximum absolute atomic E-state index is 14.0. The summed E-state index contributed by atoms with van der Waals surface area (Å²) in [5.41, 5.74) is 3.94. The van der Waals surface area contributed by atoms with Crippen LogP contribution in [0.2, 0.25) is 5.02 Å². The Hall–Kier alpha value is -4.39. The Morgan fingerprint density at radius 2 is 1.74 bits per heavy atom. The number of aryl methyl sites for hydroxylation is 1. The van der Waals surface area contributed by atoms with E-state index >= 15 is 0 Å². The first-order chi connectivity index (χ1) is 23.9. The molecule has 50 heavy (non-hydrogen) atoms. The van der Waals surface area contributed by atoms with Gasteiger partial charge in [0.05, 0.1) is 31.6 Å². The number of aliphatic hydroxyl groups is 1. The van der Waals surface area contributed by atoms with Crippen molar-refractivity contribution in [3.05, 3.63) is 105 Å². The maximum atomic E-state index is 14.0. The van der Waals surface area contributed by atoms with Crippen LogP contribution in [-0.4, -0.2) is 76.8 Å². The molecule has 2 aliphatic heterocycles. The third-order valence-electron chi connectivity index (χ3n) is 8.84. The lowest BCUT2D eigenvalue weighted by Crippen LogP contribution is -2.62. The minimum atomic E-state index is -1.37. The minimum absolute atomic E-state index is 0.0293. The normalized spacial score (nSPS) is 18.4. The lowest BCUT2D eigenvalue weighted by atomic mass is 9.82. The fourth-order valence-corrected chi connectivity index (χ4v) is 6.72. The predicted molar refractivity (Wildman–Crippen MR) is 181 cm³/mol. The second-order valence-corrected chi connectivity index (χ2v) is 13.2. The van der Waals surface area contributed by atoms with E-state index in [1.54, 1.807) is 11.0 Å². The number of hydrogen-bond acceptors (Lipinski definition) is 6. The van der Waals surface area contributed by atoms with E-state index in [9.17, 15) is 32.7 Å². The number of carbonyl (C=O) groups excluding carboxylic acids is 2. The highest BCUT2D eigenvalue weighted by Crippen LogP contribution is 2.34. The van der Waals surface area contributed by atoms with Crippen molar-refractivity contribution in [2.24, 2.45) is 0 Å². The van der Waals surface area contributed by atoms with Crippen LogP contribution >= 0.6 is 11.6 Å². The number of halogens is 4. The third kappa shape index (κ3) is 9.23. The van der Waals surface area contributed by atoms with Gasteiger partial charge in [-0.3, -0.25) is 14.4 Å². The standard InChI is InChI=1S/C37H39ClF3N3O6/c1-21(15-24-6-2-3-7-28(24)38)42-37(49)34-27(16-25-19-44(20-31(34)43-25)32(46)17-26(45)18-33(47)48)23-10-8-22(9-11-23)5-4-14-50-36-30(40)13-12-29(39)35(36)41/h2-3,6-13,21,25-26,31,43,45H,4-5,14-20H2,1H3,(H,42,49)(H,47,48)/t21?,25-,26+,31-/m1/s1. The predicted octanol–water partition coefficient (Wildman–Crippen LogP) is 5.07. The van der Waals surface area contributed by atoms with Gasteiger partial charge in [0.1, 0.15) is 0 Å². The highest BCUT2D eigenvalue weighted by Gasteiger charge is 2.40. The number of nitrogens with one attached hydrogen (secondary N) is 2. The molecule has 3 aromatic rings. The van der Waals surface area contributed by atoms with Crippen LogP contribution in [0.4, 0.5) is 13.2 Å². The summed E-state index contributed by atoms with van der Waals surface area (Å²) < 4.78 is 46.5. The van der Waals surface area contributed by atoms with Crippen molar-refractivity contribution in [1.29, 1.82) is 0 Å². The smallest absolute Gasteiger partial charge is 0.305 e. The summed E-state index contributed by atoms with van der Waals surface area (Å²) in [6.45, 7) is 2.33. The van der Waals surface area contributed by atoms with E-state index in [0.717, 1.165) is 28.3 Å². The molecule has 0 saturated carbocycles. The van der Waals surface area contributed by atoms with Crippen molar-refractivity contribution in [3.8, 4) is 5.75 Å². The summed E-state index contributed by atoms with van der Waals surface area (Å²) in [7, 11) is 0. The number of nitrogens with zero attached hydrogens (tertiary/aromatic N) is 1. The number of aliphatic carboxylic acids is 1. The first-order valence-corrected chi connectivity index (χ1v) is 16.8. The first kappa shape index (κ1) is 36.9. The molecule has 3 aromatic carbocycles. The summed E-state index contributed by atoms with van der Waals surface area (Å²) in [6.07, 6.45) is -0.343. The highest BCUT2D eigenvalue weighted by atomic mass is 35.5. The molecular formula is C37H39ClF3N3O6. The molecular weight excluding hydrogens is 675 g/mol. The van der Waals surface area contributed by atoms with Crippen molar-refractivity contribution >= 4 is 35.0 Å². The van der Waals surface area contributed by atoms with Crippen LogP contribution in [0.25, 0.3) is 5.57 Å². The number of ether oxygens (including phenoxy) is 1. The van der Waals surface area contributed by atoms with E-state index in [-0.39, 0.29) is 43.5 Å². The number of hydrogen-bond donors (Lipinski definition) is 4. The Kier molecular flexibility index (Phi) is 12.2. The Balaban J connectivity index is 1.32. The van der Waals surface area contributed by atoms with Gasteiger partial charge in [-0.2, -0.15) is 4.39 Å². The lowest BCUT2D eigenvalue weighted by Gasteiger charge is -2.44. The molecule has 4 N–H and O–H groups in total. The average Bonchev–Trinajstić information content (AvgIpc) is 3.06. The van der Waals surface area contributed by atoms with E-state index in [1.807, 2.05) is 49.4 Å². The largest absolute Gasteiger partial charge is 0.488 e. The van der Waals surface area contributed by atoms with Gasteiger partial charge in [-0.15, -0.1) is 0 Å². The second-order valence-electron chi connectivity index (χ2n) is 12.8. The van der Waals surface area contributed by atoms with Crippen molar-refractivity contribution < 1.29 is 42.5 Å². The molecule has 0 aliphatic carbocycles. The van der Waals surface area contributed by atoms with Crippen LogP contribution in [-0.2, 0) is 27.2 Å². The van der Waals surface area contributed by atoms with Crippen LogP contribution < -0.4 is 15.4 Å². The quantitative estimate of drug-likeness (QED) is 0.136. The minimum Gasteiger partial charge on any atom is -0.488 e. The van der Waals surface area contributed by atoms with Gasteiger partial charge in [0.15, 0.2) is 17.4 Å². The summed E-state index contributed by atoms with van der Waals surface area (Å²) in [5, 5.41) is 26.3. The van der Waals surface area contributed by atoms with Gasteiger partial charge in [-0.05, 0) is 73.1 Å². The zero-order valence-electron chi connectivity index (χ0n) is 27.4. The molecule has 2 heterocycles. The van der Waals surface area contributed by atoms with Crippen molar-refractivity contribution in [2.75, 3.05) is 19.7 Å². The summed E-state index contributed by atoms with van der Waals surface area (Å²) in [5.74, 6) is -6.16. The molecule has 1 saturated heterocycles. The summed E-state index contributed by atoms with van der Waals surface area (Å²) in [6, 6.07) is 15.5. The SMILES string of the molecule is CC(Cc1ccccc1Cl)NC(=O)C1=C(c2ccc(CCCOc3c(F)ccc(F)c3F)cc2)C[C@@H]2CN(C(=O)C[C@H](O)CC(=O)O)C[C@H]1N2. The number of carboxylic acids is 1. The third-order valence-corrected chi connectivity index (χ3v) is 9.21. The summed E-state index contributed by atoms with van der Waals surface area (Å²) in [4.78, 5) is 39.7. The molecule has 1 unspecified atom stereocenters. The summed E-state index contributed by atoms with van der Waals surface area (Å²) >= 11 is 6.36. The Bertz CT molecular complexity index is 1750. The molecule has 2 bridgehead atoms. The van der Waals surface area contributed by atoms with E-state index < -0.39 is 47.7 Å². The molecule has 9 nitrogen and oxygen atoms in total.